The SMILES string of the molecule is CCCCCOC(=O)CC1CC(=O)CC1CCCC. The summed E-state index contributed by atoms with van der Waals surface area (Å²) in [7, 11) is 0. The Balaban J connectivity index is 2.28. The van der Waals surface area contributed by atoms with Gasteiger partial charge < -0.3 is 4.74 Å². The molecule has 0 aliphatic heterocycles. The second-order valence-electron chi connectivity index (χ2n) is 5.74. The Morgan fingerprint density at radius 1 is 1.11 bits per heavy atom. The van der Waals surface area contributed by atoms with Gasteiger partial charge in [-0.1, -0.05) is 39.5 Å². The monoisotopic (exact) mass is 268 g/mol. The van der Waals surface area contributed by atoms with Crippen LogP contribution >= 0.6 is 0 Å². The van der Waals surface area contributed by atoms with Crippen LogP contribution in [0.5, 0.6) is 0 Å². The molecular formula is C16H28O3. The molecule has 110 valence electrons. The first-order chi connectivity index (χ1) is 9.17. The van der Waals surface area contributed by atoms with Gasteiger partial charge in [-0.15, -0.1) is 0 Å². The lowest BCUT2D eigenvalue weighted by Crippen LogP contribution is -2.16. The van der Waals surface area contributed by atoms with Crippen molar-refractivity contribution in [1.29, 1.82) is 0 Å². The number of carbonyl (C=O) groups excluding carboxylic acids is 2. The highest BCUT2D eigenvalue weighted by atomic mass is 16.5. The van der Waals surface area contributed by atoms with Crippen molar-refractivity contribution in [2.45, 2.75) is 71.6 Å². The smallest absolute Gasteiger partial charge is 0.306 e. The van der Waals surface area contributed by atoms with E-state index in [0.717, 1.165) is 38.5 Å². The van der Waals surface area contributed by atoms with Crippen LogP contribution in [-0.2, 0) is 14.3 Å². The Labute approximate surface area is 117 Å². The second kappa shape index (κ2) is 9.11. The molecule has 0 aromatic rings. The summed E-state index contributed by atoms with van der Waals surface area (Å²) in [6.07, 6.45) is 8.26. The number of Topliss-reactive ketones (excluding diaryl/α,β-unsaturated/α-hetero) is 1. The molecule has 19 heavy (non-hydrogen) atoms. The van der Waals surface area contributed by atoms with Crippen molar-refractivity contribution in [3.05, 3.63) is 0 Å². The van der Waals surface area contributed by atoms with E-state index in [2.05, 4.69) is 13.8 Å². The van der Waals surface area contributed by atoms with Crippen LogP contribution < -0.4 is 0 Å². The molecule has 3 heteroatoms. The highest BCUT2D eigenvalue weighted by Crippen LogP contribution is 2.35. The highest BCUT2D eigenvalue weighted by molar-refractivity contribution is 5.82. The maximum Gasteiger partial charge on any atom is 0.306 e. The normalized spacial score (nSPS) is 22.7. The number of ether oxygens (including phenoxy) is 1. The van der Waals surface area contributed by atoms with Gasteiger partial charge in [-0.2, -0.15) is 0 Å². The van der Waals surface area contributed by atoms with Crippen LogP contribution in [-0.4, -0.2) is 18.4 Å². The number of hydrogen-bond acceptors (Lipinski definition) is 3. The van der Waals surface area contributed by atoms with Crippen molar-refractivity contribution in [2.75, 3.05) is 6.61 Å². The minimum absolute atomic E-state index is 0.114. The average molecular weight is 268 g/mol. The second-order valence-corrected chi connectivity index (χ2v) is 5.74. The molecule has 1 saturated carbocycles. The van der Waals surface area contributed by atoms with E-state index in [1.807, 2.05) is 0 Å². The predicted octanol–water partition coefficient (Wildman–Crippen LogP) is 3.90. The third-order valence-corrected chi connectivity index (χ3v) is 4.01. The van der Waals surface area contributed by atoms with Crippen LogP contribution in [0, 0.1) is 11.8 Å². The summed E-state index contributed by atoms with van der Waals surface area (Å²) >= 11 is 0. The van der Waals surface area contributed by atoms with E-state index in [4.69, 9.17) is 4.74 Å². The third-order valence-electron chi connectivity index (χ3n) is 4.01. The number of ketones is 1. The Morgan fingerprint density at radius 2 is 1.79 bits per heavy atom. The summed E-state index contributed by atoms with van der Waals surface area (Å²) in [6, 6.07) is 0. The van der Waals surface area contributed by atoms with Crippen LogP contribution in [0.1, 0.15) is 71.6 Å². The lowest BCUT2D eigenvalue weighted by molar-refractivity contribution is -0.145. The van der Waals surface area contributed by atoms with Gasteiger partial charge in [0.25, 0.3) is 0 Å². The number of esters is 1. The Hall–Kier alpha value is -0.860. The molecule has 0 spiro atoms. The summed E-state index contributed by atoms with van der Waals surface area (Å²) in [6.45, 7) is 4.82. The zero-order chi connectivity index (χ0) is 14.1. The molecule has 0 N–H and O–H groups in total. The summed E-state index contributed by atoms with van der Waals surface area (Å²) in [5.41, 5.74) is 0. The molecule has 0 saturated heterocycles. The zero-order valence-electron chi connectivity index (χ0n) is 12.5. The summed E-state index contributed by atoms with van der Waals surface area (Å²) in [5, 5.41) is 0. The van der Waals surface area contributed by atoms with Gasteiger partial charge in [0, 0.05) is 19.3 Å². The maximum atomic E-state index is 11.8. The quantitative estimate of drug-likeness (QED) is 0.470. The Kier molecular flexibility index (Phi) is 7.76. The van der Waals surface area contributed by atoms with Crippen molar-refractivity contribution in [3.63, 3.8) is 0 Å². The number of unbranched alkanes of at least 4 members (excludes halogenated alkanes) is 3. The van der Waals surface area contributed by atoms with Gasteiger partial charge >= 0.3 is 5.97 Å². The molecule has 1 fully saturated rings. The summed E-state index contributed by atoms with van der Waals surface area (Å²) in [5.74, 6) is 0.857. The van der Waals surface area contributed by atoms with Gasteiger partial charge in [-0.05, 0) is 24.7 Å². The minimum Gasteiger partial charge on any atom is -0.466 e. The molecule has 1 aliphatic rings. The van der Waals surface area contributed by atoms with E-state index < -0.39 is 0 Å². The summed E-state index contributed by atoms with van der Waals surface area (Å²) in [4.78, 5) is 23.3. The van der Waals surface area contributed by atoms with E-state index in [1.54, 1.807) is 0 Å². The first kappa shape index (κ1) is 16.2. The molecule has 0 bridgehead atoms. The van der Waals surface area contributed by atoms with Crippen molar-refractivity contribution < 1.29 is 14.3 Å². The highest BCUT2D eigenvalue weighted by Gasteiger charge is 2.33. The van der Waals surface area contributed by atoms with Gasteiger partial charge in [0.05, 0.1) is 6.61 Å². The average Bonchev–Trinajstić information content (AvgIpc) is 2.72. The van der Waals surface area contributed by atoms with Crippen molar-refractivity contribution in [2.24, 2.45) is 11.8 Å². The molecular weight excluding hydrogens is 240 g/mol. The van der Waals surface area contributed by atoms with E-state index in [1.165, 1.54) is 0 Å². The maximum absolute atomic E-state index is 11.8. The molecule has 0 heterocycles. The summed E-state index contributed by atoms with van der Waals surface area (Å²) < 4.78 is 5.24. The first-order valence-electron chi connectivity index (χ1n) is 7.84. The lowest BCUT2D eigenvalue weighted by atomic mass is 9.89. The Bertz CT molecular complexity index is 286. The standard InChI is InChI=1S/C16H28O3/c1-3-5-7-9-19-16(18)12-14-11-15(17)10-13(14)8-6-4-2/h13-14H,3-12H2,1-2H3. The van der Waals surface area contributed by atoms with Gasteiger partial charge in [0.2, 0.25) is 0 Å². The van der Waals surface area contributed by atoms with Gasteiger partial charge in [-0.25, -0.2) is 0 Å². The van der Waals surface area contributed by atoms with E-state index >= 15 is 0 Å². The molecule has 0 radical (unpaired) electrons. The largest absolute Gasteiger partial charge is 0.466 e. The molecule has 2 unspecified atom stereocenters. The third kappa shape index (κ3) is 6.22. The fraction of sp³-hybridized carbons (Fsp3) is 0.875. The van der Waals surface area contributed by atoms with E-state index in [9.17, 15) is 9.59 Å². The number of hydrogen-bond donors (Lipinski definition) is 0. The molecule has 1 aliphatic carbocycles. The van der Waals surface area contributed by atoms with Crippen molar-refractivity contribution in [3.8, 4) is 0 Å². The van der Waals surface area contributed by atoms with Crippen LogP contribution in [0.3, 0.4) is 0 Å². The van der Waals surface area contributed by atoms with E-state index in [0.29, 0.717) is 37.6 Å². The van der Waals surface area contributed by atoms with Crippen LogP contribution in [0.4, 0.5) is 0 Å². The number of rotatable bonds is 9. The molecule has 2 atom stereocenters. The predicted molar refractivity (Wildman–Crippen MR) is 75.8 cm³/mol. The number of carbonyl (C=O) groups is 2. The molecule has 0 amide bonds. The lowest BCUT2D eigenvalue weighted by Gasteiger charge is -2.17. The molecule has 1 rings (SSSR count). The fourth-order valence-electron chi connectivity index (χ4n) is 2.86. The van der Waals surface area contributed by atoms with Crippen LogP contribution in [0.2, 0.25) is 0 Å². The van der Waals surface area contributed by atoms with Gasteiger partial charge in [0.1, 0.15) is 5.78 Å². The van der Waals surface area contributed by atoms with Crippen LogP contribution in [0.15, 0.2) is 0 Å². The van der Waals surface area contributed by atoms with Gasteiger partial charge in [0.15, 0.2) is 0 Å². The van der Waals surface area contributed by atoms with Crippen molar-refractivity contribution >= 4 is 11.8 Å². The Morgan fingerprint density at radius 3 is 2.47 bits per heavy atom. The minimum atomic E-state index is -0.114. The van der Waals surface area contributed by atoms with Crippen LogP contribution in [0.25, 0.3) is 0 Å². The van der Waals surface area contributed by atoms with Gasteiger partial charge in [-0.3, -0.25) is 9.59 Å². The van der Waals surface area contributed by atoms with Crippen molar-refractivity contribution in [1.82, 2.24) is 0 Å². The molecule has 3 nitrogen and oxygen atoms in total. The fourth-order valence-corrected chi connectivity index (χ4v) is 2.86. The topological polar surface area (TPSA) is 43.4 Å². The molecule has 0 aromatic carbocycles. The van der Waals surface area contributed by atoms with E-state index in [-0.39, 0.29) is 11.9 Å². The first-order valence-corrected chi connectivity index (χ1v) is 7.84. The zero-order valence-corrected chi connectivity index (χ0v) is 12.5. The molecule has 0 aromatic heterocycles.